The Bertz CT molecular complexity index is 722. The highest BCUT2D eigenvalue weighted by molar-refractivity contribution is 5.80. The molecule has 102 valence electrons. The van der Waals surface area contributed by atoms with Crippen LogP contribution in [0.4, 0.5) is 0 Å². The van der Waals surface area contributed by atoms with Crippen molar-refractivity contribution >= 4 is 10.9 Å². The van der Waals surface area contributed by atoms with Gasteiger partial charge in [0.2, 0.25) is 0 Å². The predicted molar refractivity (Wildman–Crippen MR) is 77.3 cm³/mol. The van der Waals surface area contributed by atoms with Crippen molar-refractivity contribution < 1.29 is 4.52 Å². The molecule has 1 aromatic carbocycles. The largest absolute Gasteiger partial charge is 0.332 e. The summed E-state index contributed by atoms with van der Waals surface area (Å²) in [4.78, 5) is 8.94. The van der Waals surface area contributed by atoms with E-state index in [0.717, 1.165) is 17.3 Å². The van der Waals surface area contributed by atoms with Crippen LogP contribution in [0.2, 0.25) is 0 Å². The second-order valence-electron chi connectivity index (χ2n) is 4.80. The highest BCUT2D eigenvalue weighted by Crippen LogP contribution is 2.19. The molecule has 1 unspecified atom stereocenters. The first-order valence-corrected chi connectivity index (χ1v) is 6.62. The molecule has 0 saturated carbocycles. The first kappa shape index (κ1) is 12.7. The number of para-hydroxylation sites is 1. The third kappa shape index (κ3) is 2.53. The smallest absolute Gasteiger partial charge is 0.276 e. The standard InChI is InChI=1S/C15H16N4O/c1-10(16-2)9-14-18-15(20-19-14)13-8-7-11-5-3-4-6-12(11)17-13/h3-8,10,16H,9H2,1-2H3. The number of pyridine rings is 1. The number of hydrogen-bond acceptors (Lipinski definition) is 5. The summed E-state index contributed by atoms with van der Waals surface area (Å²) in [5, 5.41) is 8.24. The first-order chi connectivity index (χ1) is 9.76. The molecule has 3 rings (SSSR count). The summed E-state index contributed by atoms with van der Waals surface area (Å²) < 4.78 is 5.29. The molecule has 5 nitrogen and oxygen atoms in total. The summed E-state index contributed by atoms with van der Waals surface area (Å²) in [5.41, 5.74) is 1.63. The van der Waals surface area contributed by atoms with E-state index in [2.05, 4.69) is 27.4 Å². The maximum atomic E-state index is 5.29. The third-order valence-corrected chi connectivity index (χ3v) is 3.27. The van der Waals surface area contributed by atoms with Crippen LogP contribution < -0.4 is 5.32 Å². The number of benzene rings is 1. The number of fused-ring (bicyclic) bond motifs is 1. The van der Waals surface area contributed by atoms with Crippen molar-refractivity contribution in [2.45, 2.75) is 19.4 Å². The SMILES string of the molecule is CNC(C)Cc1noc(-c2ccc3ccccc3n2)n1. The fourth-order valence-corrected chi connectivity index (χ4v) is 2.00. The van der Waals surface area contributed by atoms with Gasteiger partial charge in [0, 0.05) is 17.8 Å². The molecule has 2 heterocycles. The van der Waals surface area contributed by atoms with Gasteiger partial charge in [-0.1, -0.05) is 29.4 Å². The van der Waals surface area contributed by atoms with Gasteiger partial charge in [-0.05, 0) is 26.1 Å². The van der Waals surface area contributed by atoms with Crippen LogP contribution in [0.15, 0.2) is 40.9 Å². The molecule has 0 aliphatic carbocycles. The van der Waals surface area contributed by atoms with Gasteiger partial charge in [0.25, 0.3) is 5.89 Å². The summed E-state index contributed by atoms with van der Waals surface area (Å²) in [6.45, 7) is 2.07. The lowest BCUT2D eigenvalue weighted by Gasteiger charge is -2.04. The van der Waals surface area contributed by atoms with Gasteiger partial charge in [0.1, 0.15) is 5.69 Å². The molecule has 20 heavy (non-hydrogen) atoms. The van der Waals surface area contributed by atoms with E-state index in [4.69, 9.17) is 4.52 Å². The summed E-state index contributed by atoms with van der Waals surface area (Å²) in [6.07, 6.45) is 0.730. The Hall–Kier alpha value is -2.27. The van der Waals surface area contributed by atoms with E-state index in [0.29, 0.717) is 23.5 Å². The topological polar surface area (TPSA) is 63.8 Å². The van der Waals surface area contributed by atoms with Gasteiger partial charge >= 0.3 is 0 Å². The maximum Gasteiger partial charge on any atom is 0.276 e. The lowest BCUT2D eigenvalue weighted by Crippen LogP contribution is -2.24. The normalized spacial score (nSPS) is 12.7. The van der Waals surface area contributed by atoms with Crippen LogP contribution in [0.25, 0.3) is 22.5 Å². The quantitative estimate of drug-likeness (QED) is 0.787. The van der Waals surface area contributed by atoms with E-state index in [1.165, 1.54) is 0 Å². The van der Waals surface area contributed by atoms with E-state index in [1.807, 2.05) is 43.4 Å². The number of likely N-dealkylation sites (N-methyl/N-ethyl adjacent to an activating group) is 1. The second-order valence-corrected chi connectivity index (χ2v) is 4.80. The summed E-state index contributed by atoms with van der Waals surface area (Å²) >= 11 is 0. The number of hydrogen-bond donors (Lipinski definition) is 1. The van der Waals surface area contributed by atoms with Gasteiger partial charge in [-0.2, -0.15) is 4.98 Å². The van der Waals surface area contributed by atoms with Crippen LogP contribution in [0.5, 0.6) is 0 Å². The molecule has 0 amide bonds. The van der Waals surface area contributed by atoms with Gasteiger partial charge < -0.3 is 9.84 Å². The van der Waals surface area contributed by atoms with Gasteiger partial charge in [-0.25, -0.2) is 4.98 Å². The van der Waals surface area contributed by atoms with Crippen LogP contribution in [-0.2, 0) is 6.42 Å². The summed E-state index contributed by atoms with van der Waals surface area (Å²) in [7, 11) is 1.91. The highest BCUT2D eigenvalue weighted by atomic mass is 16.5. The Balaban J connectivity index is 1.91. The minimum Gasteiger partial charge on any atom is -0.332 e. The zero-order valence-corrected chi connectivity index (χ0v) is 11.5. The average molecular weight is 268 g/mol. The van der Waals surface area contributed by atoms with Crippen LogP contribution in [0.3, 0.4) is 0 Å². The summed E-state index contributed by atoms with van der Waals surface area (Å²) in [5.74, 6) is 1.16. The number of rotatable bonds is 4. The predicted octanol–water partition coefficient (Wildman–Crippen LogP) is 2.44. The molecule has 0 saturated heterocycles. The monoisotopic (exact) mass is 268 g/mol. The Morgan fingerprint density at radius 1 is 1.15 bits per heavy atom. The molecular weight excluding hydrogens is 252 g/mol. The number of nitrogens with one attached hydrogen (secondary N) is 1. The van der Waals surface area contributed by atoms with Gasteiger partial charge in [-0.15, -0.1) is 0 Å². The molecule has 0 aliphatic rings. The molecule has 0 bridgehead atoms. The molecule has 0 radical (unpaired) electrons. The lowest BCUT2D eigenvalue weighted by atomic mass is 10.2. The zero-order chi connectivity index (χ0) is 13.9. The van der Waals surface area contributed by atoms with E-state index in [1.54, 1.807) is 0 Å². The van der Waals surface area contributed by atoms with E-state index in [-0.39, 0.29) is 0 Å². The van der Waals surface area contributed by atoms with Crippen LogP contribution >= 0.6 is 0 Å². The van der Waals surface area contributed by atoms with Gasteiger partial charge in [0.05, 0.1) is 5.52 Å². The molecule has 5 heteroatoms. The summed E-state index contributed by atoms with van der Waals surface area (Å²) in [6, 6.07) is 12.2. The zero-order valence-electron chi connectivity index (χ0n) is 11.5. The van der Waals surface area contributed by atoms with Crippen molar-refractivity contribution in [3.8, 4) is 11.6 Å². The van der Waals surface area contributed by atoms with E-state index in [9.17, 15) is 0 Å². The van der Waals surface area contributed by atoms with Crippen molar-refractivity contribution in [1.29, 1.82) is 0 Å². The minimum absolute atomic E-state index is 0.310. The maximum absolute atomic E-state index is 5.29. The van der Waals surface area contributed by atoms with E-state index >= 15 is 0 Å². The average Bonchev–Trinajstić information content (AvgIpc) is 2.95. The molecule has 1 N–H and O–H groups in total. The van der Waals surface area contributed by atoms with Crippen molar-refractivity contribution in [2.75, 3.05) is 7.05 Å². The van der Waals surface area contributed by atoms with Gasteiger partial charge in [-0.3, -0.25) is 0 Å². The second kappa shape index (κ2) is 5.38. The highest BCUT2D eigenvalue weighted by Gasteiger charge is 2.12. The third-order valence-electron chi connectivity index (χ3n) is 3.27. The molecule has 3 aromatic rings. The van der Waals surface area contributed by atoms with Crippen LogP contribution in [-0.4, -0.2) is 28.2 Å². The number of nitrogens with zero attached hydrogens (tertiary/aromatic N) is 3. The fraction of sp³-hybridized carbons (Fsp3) is 0.267. The van der Waals surface area contributed by atoms with E-state index < -0.39 is 0 Å². The van der Waals surface area contributed by atoms with Crippen LogP contribution in [0.1, 0.15) is 12.7 Å². The van der Waals surface area contributed by atoms with Crippen molar-refractivity contribution in [1.82, 2.24) is 20.4 Å². The Kier molecular flexibility index (Phi) is 3.43. The van der Waals surface area contributed by atoms with Crippen molar-refractivity contribution in [2.24, 2.45) is 0 Å². The Labute approximate surface area is 117 Å². The van der Waals surface area contributed by atoms with Crippen LogP contribution in [0, 0.1) is 0 Å². The molecule has 2 aromatic heterocycles. The fourth-order valence-electron chi connectivity index (χ4n) is 2.00. The molecule has 0 spiro atoms. The Morgan fingerprint density at radius 3 is 2.85 bits per heavy atom. The minimum atomic E-state index is 0.310. The molecular formula is C15H16N4O. The van der Waals surface area contributed by atoms with Crippen molar-refractivity contribution in [3.63, 3.8) is 0 Å². The number of aromatic nitrogens is 3. The molecule has 0 aliphatic heterocycles. The first-order valence-electron chi connectivity index (χ1n) is 6.62. The lowest BCUT2D eigenvalue weighted by molar-refractivity contribution is 0.417. The van der Waals surface area contributed by atoms with Gasteiger partial charge in [0.15, 0.2) is 5.82 Å². The molecule has 0 fully saturated rings. The van der Waals surface area contributed by atoms with Crippen molar-refractivity contribution in [3.05, 3.63) is 42.2 Å². The Morgan fingerprint density at radius 2 is 2.00 bits per heavy atom. The molecule has 1 atom stereocenters.